The normalized spacial score (nSPS) is 18.1. The SMILES string of the molecule is O=[C]c1ccc(C2=CCN(CC3=C(c4ccc(Cl)cc4)CCCC3)CC2)cc1. The third kappa shape index (κ3) is 4.45. The van der Waals surface area contributed by atoms with Gasteiger partial charge in [-0.1, -0.05) is 59.6 Å². The fourth-order valence-electron chi connectivity index (χ4n) is 4.28. The van der Waals surface area contributed by atoms with E-state index in [-0.39, 0.29) is 0 Å². The minimum atomic E-state index is 0.612. The molecule has 0 atom stereocenters. The van der Waals surface area contributed by atoms with Crippen molar-refractivity contribution in [3.63, 3.8) is 0 Å². The van der Waals surface area contributed by atoms with Crippen LogP contribution in [0.5, 0.6) is 0 Å². The molecule has 1 aliphatic carbocycles. The minimum Gasteiger partial charge on any atom is -0.295 e. The largest absolute Gasteiger partial charge is 0.295 e. The molecule has 0 amide bonds. The Hall–Kier alpha value is -2.16. The van der Waals surface area contributed by atoms with Crippen molar-refractivity contribution in [1.29, 1.82) is 0 Å². The highest BCUT2D eigenvalue weighted by molar-refractivity contribution is 6.30. The van der Waals surface area contributed by atoms with Gasteiger partial charge in [-0.15, -0.1) is 0 Å². The highest BCUT2D eigenvalue weighted by Gasteiger charge is 2.19. The van der Waals surface area contributed by atoms with Gasteiger partial charge in [-0.25, -0.2) is 0 Å². The molecule has 0 bridgehead atoms. The lowest BCUT2D eigenvalue weighted by Crippen LogP contribution is -2.31. The molecule has 0 N–H and O–H groups in total. The van der Waals surface area contributed by atoms with Crippen molar-refractivity contribution in [2.75, 3.05) is 19.6 Å². The first-order valence-corrected chi connectivity index (χ1v) is 10.5. The molecule has 0 aromatic heterocycles. The van der Waals surface area contributed by atoms with Gasteiger partial charge in [0, 0.05) is 30.2 Å². The van der Waals surface area contributed by atoms with Gasteiger partial charge in [0.1, 0.15) is 0 Å². The highest BCUT2D eigenvalue weighted by Crippen LogP contribution is 2.34. The molecule has 1 aliphatic heterocycles. The summed E-state index contributed by atoms with van der Waals surface area (Å²) in [5.41, 5.74) is 7.66. The summed E-state index contributed by atoms with van der Waals surface area (Å²) >= 11 is 6.07. The van der Waals surface area contributed by atoms with Gasteiger partial charge in [-0.2, -0.15) is 0 Å². The maximum atomic E-state index is 10.7. The van der Waals surface area contributed by atoms with E-state index in [1.54, 1.807) is 5.57 Å². The number of hydrogen-bond acceptors (Lipinski definition) is 2. The number of allylic oxidation sites excluding steroid dienone is 1. The van der Waals surface area contributed by atoms with Gasteiger partial charge in [0.2, 0.25) is 6.29 Å². The van der Waals surface area contributed by atoms with E-state index in [9.17, 15) is 4.79 Å². The average Bonchev–Trinajstić information content (AvgIpc) is 2.75. The van der Waals surface area contributed by atoms with E-state index in [1.165, 1.54) is 48.0 Å². The number of carbonyl (C=O) groups excluding carboxylic acids is 1. The first-order valence-electron chi connectivity index (χ1n) is 10.1. The second kappa shape index (κ2) is 8.89. The molecule has 0 unspecified atom stereocenters. The summed E-state index contributed by atoms with van der Waals surface area (Å²) in [4.78, 5) is 13.3. The average molecular weight is 391 g/mol. The lowest BCUT2D eigenvalue weighted by molar-refractivity contribution is 0.322. The molecule has 28 heavy (non-hydrogen) atoms. The van der Waals surface area contributed by atoms with Crippen molar-refractivity contribution in [3.05, 3.63) is 81.9 Å². The van der Waals surface area contributed by atoms with Gasteiger partial charge in [-0.3, -0.25) is 9.69 Å². The molecule has 143 valence electrons. The van der Waals surface area contributed by atoms with E-state index in [0.29, 0.717) is 5.56 Å². The van der Waals surface area contributed by atoms with Crippen molar-refractivity contribution < 1.29 is 4.79 Å². The van der Waals surface area contributed by atoms with Crippen LogP contribution in [0, 0.1) is 0 Å². The molecule has 0 spiro atoms. The van der Waals surface area contributed by atoms with Crippen LogP contribution in [0.2, 0.25) is 5.02 Å². The summed E-state index contributed by atoms with van der Waals surface area (Å²) in [5.74, 6) is 0. The predicted molar refractivity (Wildman–Crippen MR) is 117 cm³/mol. The third-order valence-corrected chi connectivity index (χ3v) is 6.11. The zero-order chi connectivity index (χ0) is 19.3. The van der Waals surface area contributed by atoms with Crippen LogP contribution in [0.15, 0.2) is 60.2 Å². The van der Waals surface area contributed by atoms with E-state index in [2.05, 4.69) is 23.1 Å². The van der Waals surface area contributed by atoms with Crippen LogP contribution in [0.1, 0.15) is 48.8 Å². The standard InChI is InChI=1S/C25H25ClNO/c26-24-11-9-22(10-12-24)25-4-2-1-3-23(25)17-27-15-13-21(14-16-27)20-7-5-19(18-28)6-8-20/h5-13H,1-4,14-17H2. The Labute approximate surface area is 172 Å². The molecule has 2 nitrogen and oxygen atoms in total. The second-order valence-electron chi connectivity index (χ2n) is 7.69. The van der Waals surface area contributed by atoms with Crippen LogP contribution < -0.4 is 0 Å². The number of nitrogens with zero attached hydrogens (tertiary/aromatic N) is 1. The molecule has 1 radical (unpaired) electrons. The molecule has 0 saturated heterocycles. The molecular weight excluding hydrogens is 366 g/mol. The van der Waals surface area contributed by atoms with E-state index in [0.717, 1.165) is 31.1 Å². The van der Waals surface area contributed by atoms with E-state index >= 15 is 0 Å². The zero-order valence-electron chi connectivity index (χ0n) is 16.1. The van der Waals surface area contributed by atoms with Crippen LogP contribution in [0.4, 0.5) is 0 Å². The number of hydrogen-bond donors (Lipinski definition) is 0. The Morgan fingerprint density at radius 3 is 2.29 bits per heavy atom. The Balaban J connectivity index is 1.47. The van der Waals surface area contributed by atoms with E-state index in [4.69, 9.17) is 11.6 Å². The van der Waals surface area contributed by atoms with Crippen LogP contribution in [-0.4, -0.2) is 30.8 Å². The summed E-state index contributed by atoms with van der Waals surface area (Å²) < 4.78 is 0. The summed E-state index contributed by atoms with van der Waals surface area (Å²) in [7, 11) is 0. The van der Waals surface area contributed by atoms with E-state index < -0.39 is 0 Å². The van der Waals surface area contributed by atoms with Crippen molar-refractivity contribution >= 4 is 29.0 Å². The highest BCUT2D eigenvalue weighted by atomic mass is 35.5. The molecule has 1 heterocycles. The molecule has 2 aliphatic rings. The molecule has 0 fully saturated rings. The Kier molecular flexibility index (Phi) is 6.09. The number of halogens is 1. The number of rotatable bonds is 5. The van der Waals surface area contributed by atoms with Crippen LogP contribution >= 0.6 is 11.6 Å². The maximum absolute atomic E-state index is 10.7. The zero-order valence-corrected chi connectivity index (χ0v) is 16.8. The monoisotopic (exact) mass is 390 g/mol. The lowest BCUT2D eigenvalue weighted by atomic mass is 9.87. The first-order chi connectivity index (χ1) is 13.7. The summed E-state index contributed by atoms with van der Waals surface area (Å²) in [6.07, 6.45) is 10.3. The first kappa shape index (κ1) is 19.2. The summed E-state index contributed by atoms with van der Waals surface area (Å²) in [5, 5.41) is 0.800. The Morgan fingerprint density at radius 2 is 1.61 bits per heavy atom. The Bertz CT molecular complexity index is 893. The molecule has 2 aromatic carbocycles. The summed E-state index contributed by atoms with van der Waals surface area (Å²) in [6.45, 7) is 3.11. The molecular formula is C25H25ClNO. The van der Waals surface area contributed by atoms with Crippen molar-refractivity contribution in [3.8, 4) is 0 Å². The smallest absolute Gasteiger partial charge is 0.233 e. The lowest BCUT2D eigenvalue weighted by Gasteiger charge is -2.30. The van der Waals surface area contributed by atoms with Gasteiger partial charge in [0.05, 0.1) is 0 Å². The second-order valence-corrected chi connectivity index (χ2v) is 8.13. The van der Waals surface area contributed by atoms with Gasteiger partial charge >= 0.3 is 0 Å². The predicted octanol–water partition coefficient (Wildman–Crippen LogP) is 5.91. The molecule has 2 aromatic rings. The van der Waals surface area contributed by atoms with Crippen molar-refractivity contribution in [2.45, 2.75) is 32.1 Å². The maximum Gasteiger partial charge on any atom is 0.233 e. The van der Waals surface area contributed by atoms with Crippen molar-refractivity contribution in [1.82, 2.24) is 4.90 Å². The van der Waals surface area contributed by atoms with Crippen LogP contribution in [-0.2, 0) is 4.79 Å². The fraction of sp³-hybridized carbons (Fsp3) is 0.320. The van der Waals surface area contributed by atoms with E-state index in [1.807, 2.05) is 42.7 Å². The quantitative estimate of drug-likeness (QED) is 0.632. The van der Waals surface area contributed by atoms with Crippen LogP contribution in [0.25, 0.3) is 11.1 Å². The minimum absolute atomic E-state index is 0.612. The van der Waals surface area contributed by atoms with Crippen molar-refractivity contribution in [2.24, 2.45) is 0 Å². The van der Waals surface area contributed by atoms with Gasteiger partial charge in [0.15, 0.2) is 0 Å². The third-order valence-electron chi connectivity index (χ3n) is 5.86. The topological polar surface area (TPSA) is 20.3 Å². The summed E-state index contributed by atoms with van der Waals surface area (Å²) in [6, 6.07) is 16.1. The number of benzene rings is 2. The fourth-order valence-corrected chi connectivity index (χ4v) is 4.41. The van der Waals surface area contributed by atoms with Gasteiger partial charge in [0.25, 0.3) is 0 Å². The van der Waals surface area contributed by atoms with Gasteiger partial charge < -0.3 is 0 Å². The van der Waals surface area contributed by atoms with Crippen LogP contribution in [0.3, 0.4) is 0 Å². The molecule has 3 heteroatoms. The molecule has 0 saturated carbocycles. The Morgan fingerprint density at radius 1 is 0.893 bits per heavy atom. The van der Waals surface area contributed by atoms with Gasteiger partial charge in [-0.05, 0) is 66.5 Å². The molecule has 4 rings (SSSR count).